The molecule has 0 amide bonds. The molecular formula is C9H15N3O2. The Labute approximate surface area is 82.5 Å². The molecule has 14 heavy (non-hydrogen) atoms. The van der Waals surface area contributed by atoms with E-state index >= 15 is 0 Å². The van der Waals surface area contributed by atoms with Gasteiger partial charge < -0.3 is 15.2 Å². The zero-order valence-electron chi connectivity index (χ0n) is 8.16. The van der Waals surface area contributed by atoms with E-state index in [-0.39, 0.29) is 6.04 Å². The standard InChI is InChI=1S/C9H15N3O2/c1-6-2-7(12-11-6)3-10-8-4-14-5-9(8)13/h2,8-10,13H,3-5H2,1H3,(H,11,12). The maximum Gasteiger partial charge on any atom is 0.0948 e. The zero-order chi connectivity index (χ0) is 9.97. The summed E-state index contributed by atoms with van der Waals surface area (Å²) >= 11 is 0. The number of nitrogens with zero attached hydrogens (tertiary/aromatic N) is 1. The third-order valence-corrected chi connectivity index (χ3v) is 2.35. The van der Waals surface area contributed by atoms with Crippen LogP contribution in [-0.2, 0) is 11.3 Å². The second-order valence-electron chi connectivity index (χ2n) is 3.63. The van der Waals surface area contributed by atoms with Crippen molar-refractivity contribution in [3.05, 3.63) is 17.5 Å². The first-order chi connectivity index (χ1) is 6.75. The van der Waals surface area contributed by atoms with E-state index in [1.54, 1.807) is 0 Å². The lowest BCUT2D eigenvalue weighted by Crippen LogP contribution is -2.38. The van der Waals surface area contributed by atoms with Crippen LogP contribution in [-0.4, -0.2) is 40.7 Å². The molecule has 0 saturated carbocycles. The van der Waals surface area contributed by atoms with Crippen LogP contribution in [0.4, 0.5) is 0 Å². The topological polar surface area (TPSA) is 70.2 Å². The van der Waals surface area contributed by atoms with E-state index in [0.29, 0.717) is 19.8 Å². The minimum Gasteiger partial charge on any atom is -0.389 e. The molecule has 2 atom stereocenters. The van der Waals surface area contributed by atoms with E-state index in [9.17, 15) is 5.11 Å². The van der Waals surface area contributed by atoms with Crippen LogP contribution in [0.25, 0.3) is 0 Å². The second kappa shape index (κ2) is 4.08. The summed E-state index contributed by atoms with van der Waals surface area (Å²) in [7, 11) is 0. The molecule has 0 radical (unpaired) electrons. The molecule has 1 aliphatic rings. The summed E-state index contributed by atoms with van der Waals surface area (Å²) in [4.78, 5) is 0. The van der Waals surface area contributed by atoms with Crippen LogP contribution < -0.4 is 5.32 Å². The summed E-state index contributed by atoms with van der Waals surface area (Å²) in [6, 6.07) is 2.02. The van der Waals surface area contributed by atoms with E-state index in [2.05, 4.69) is 15.5 Å². The van der Waals surface area contributed by atoms with Gasteiger partial charge in [-0.05, 0) is 13.0 Å². The highest BCUT2D eigenvalue weighted by atomic mass is 16.5. The van der Waals surface area contributed by atoms with Crippen LogP contribution in [0.3, 0.4) is 0 Å². The smallest absolute Gasteiger partial charge is 0.0948 e. The van der Waals surface area contributed by atoms with Crippen LogP contribution in [0.2, 0.25) is 0 Å². The molecule has 2 heterocycles. The predicted molar refractivity (Wildman–Crippen MR) is 50.8 cm³/mol. The lowest BCUT2D eigenvalue weighted by atomic mass is 10.2. The van der Waals surface area contributed by atoms with E-state index in [1.165, 1.54) is 0 Å². The second-order valence-corrected chi connectivity index (χ2v) is 3.63. The van der Waals surface area contributed by atoms with Crippen molar-refractivity contribution in [3.63, 3.8) is 0 Å². The number of hydrogen-bond acceptors (Lipinski definition) is 4. The van der Waals surface area contributed by atoms with E-state index in [4.69, 9.17) is 4.74 Å². The number of hydrogen-bond donors (Lipinski definition) is 3. The van der Waals surface area contributed by atoms with Crippen molar-refractivity contribution in [1.82, 2.24) is 15.5 Å². The maximum atomic E-state index is 9.46. The molecule has 78 valence electrons. The lowest BCUT2D eigenvalue weighted by Gasteiger charge is -2.12. The molecule has 3 N–H and O–H groups in total. The molecular weight excluding hydrogens is 182 g/mol. The van der Waals surface area contributed by atoms with Crippen molar-refractivity contribution >= 4 is 0 Å². The number of aliphatic hydroxyl groups is 1. The first-order valence-corrected chi connectivity index (χ1v) is 4.76. The highest BCUT2D eigenvalue weighted by molar-refractivity contribution is 5.06. The molecule has 5 heteroatoms. The quantitative estimate of drug-likeness (QED) is 0.615. The summed E-state index contributed by atoms with van der Waals surface area (Å²) in [6.45, 7) is 3.63. The van der Waals surface area contributed by atoms with E-state index in [1.807, 2.05) is 13.0 Å². The largest absolute Gasteiger partial charge is 0.389 e. The SMILES string of the molecule is Cc1cc(CNC2COCC2O)n[nH]1. The van der Waals surface area contributed by atoms with Crippen molar-refractivity contribution in [2.75, 3.05) is 13.2 Å². The molecule has 1 aromatic heterocycles. The Morgan fingerprint density at radius 2 is 2.57 bits per heavy atom. The van der Waals surface area contributed by atoms with Crippen molar-refractivity contribution < 1.29 is 9.84 Å². The third-order valence-electron chi connectivity index (χ3n) is 2.35. The van der Waals surface area contributed by atoms with Crippen molar-refractivity contribution in [3.8, 4) is 0 Å². The zero-order valence-corrected chi connectivity index (χ0v) is 8.16. The Morgan fingerprint density at radius 3 is 3.14 bits per heavy atom. The Morgan fingerprint density at radius 1 is 1.71 bits per heavy atom. The molecule has 0 aliphatic carbocycles. The lowest BCUT2D eigenvalue weighted by molar-refractivity contribution is 0.122. The first kappa shape index (κ1) is 9.64. The summed E-state index contributed by atoms with van der Waals surface area (Å²) < 4.78 is 5.12. The van der Waals surface area contributed by atoms with Gasteiger partial charge in [0.25, 0.3) is 0 Å². The summed E-state index contributed by atoms with van der Waals surface area (Å²) in [5.41, 5.74) is 2.01. The predicted octanol–water partition coefficient (Wildman–Crippen LogP) is -0.433. The molecule has 0 spiro atoms. The molecule has 0 bridgehead atoms. The normalized spacial score (nSPS) is 27.0. The molecule has 1 saturated heterocycles. The highest BCUT2D eigenvalue weighted by Gasteiger charge is 2.25. The number of aliphatic hydroxyl groups excluding tert-OH is 1. The van der Waals surface area contributed by atoms with Crippen LogP contribution in [0.15, 0.2) is 6.07 Å². The van der Waals surface area contributed by atoms with Gasteiger partial charge in [0.2, 0.25) is 0 Å². The molecule has 1 aromatic rings. The average Bonchev–Trinajstić information content (AvgIpc) is 2.72. The molecule has 2 rings (SSSR count). The maximum absolute atomic E-state index is 9.46. The number of nitrogens with one attached hydrogen (secondary N) is 2. The Balaban J connectivity index is 1.82. The Bertz CT molecular complexity index is 300. The van der Waals surface area contributed by atoms with Crippen LogP contribution >= 0.6 is 0 Å². The van der Waals surface area contributed by atoms with Crippen molar-refractivity contribution in [1.29, 1.82) is 0 Å². The minimum atomic E-state index is -0.393. The molecule has 5 nitrogen and oxygen atoms in total. The van der Waals surface area contributed by atoms with Gasteiger partial charge in [-0.25, -0.2) is 0 Å². The molecule has 2 unspecified atom stereocenters. The van der Waals surface area contributed by atoms with E-state index in [0.717, 1.165) is 11.4 Å². The van der Waals surface area contributed by atoms with Gasteiger partial charge in [-0.2, -0.15) is 5.10 Å². The fourth-order valence-corrected chi connectivity index (χ4v) is 1.54. The Hall–Kier alpha value is -0.910. The van der Waals surface area contributed by atoms with Gasteiger partial charge in [-0.1, -0.05) is 0 Å². The van der Waals surface area contributed by atoms with Gasteiger partial charge in [-0.15, -0.1) is 0 Å². The summed E-state index contributed by atoms with van der Waals surface area (Å²) in [5.74, 6) is 0. The van der Waals surface area contributed by atoms with Crippen LogP contribution in [0, 0.1) is 6.92 Å². The summed E-state index contributed by atoms with van der Waals surface area (Å²) in [5, 5.41) is 19.6. The van der Waals surface area contributed by atoms with Crippen molar-refractivity contribution in [2.45, 2.75) is 25.6 Å². The third kappa shape index (κ3) is 2.12. The minimum absolute atomic E-state index is 0.0343. The van der Waals surface area contributed by atoms with Gasteiger partial charge in [0.1, 0.15) is 0 Å². The number of aromatic nitrogens is 2. The van der Waals surface area contributed by atoms with Gasteiger partial charge in [0.15, 0.2) is 0 Å². The monoisotopic (exact) mass is 197 g/mol. The van der Waals surface area contributed by atoms with Crippen LogP contribution in [0.5, 0.6) is 0 Å². The van der Waals surface area contributed by atoms with Crippen LogP contribution in [0.1, 0.15) is 11.4 Å². The van der Waals surface area contributed by atoms with E-state index < -0.39 is 6.10 Å². The first-order valence-electron chi connectivity index (χ1n) is 4.76. The highest BCUT2D eigenvalue weighted by Crippen LogP contribution is 2.06. The fraction of sp³-hybridized carbons (Fsp3) is 0.667. The summed E-state index contributed by atoms with van der Waals surface area (Å²) in [6.07, 6.45) is -0.393. The number of H-pyrrole nitrogens is 1. The van der Waals surface area contributed by atoms with Gasteiger partial charge >= 0.3 is 0 Å². The number of aryl methyl sites for hydroxylation is 1. The fourth-order valence-electron chi connectivity index (χ4n) is 1.54. The van der Waals surface area contributed by atoms with Crippen molar-refractivity contribution in [2.24, 2.45) is 0 Å². The number of rotatable bonds is 3. The van der Waals surface area contributed by atoms with Gasteiger partial charge in [0, 0.05) is 12.2 Å². The number of ether oxygens (including phenoxy) is 1. The average molecular weight is 197 g/mol. The Kier molecular flexibility index (Phi) is 2.81. The molecule has 0 aromatic carbocycles. The molecule has 1 fully saturated rings. The number of aromatic amines is 1. The molecule has 1 aliphatic heterocycles. The van der Waals surface area contributed by atoms with Gasteiger partial charge in [-0.3, -0.25) is 5.10 Å². The van der Waals surface area contributed by atoms with Gasteiger partial charge in [0.05, 0.1) is 31.1 Å².